The zero-order chi connectivity index (χ0) is 31.2. The van der Waals surface area contributed by atoms with Crippen molar-refractivity contribution >= 4 is 60.2 Å². The second-order valence-electron chi connectivity index (χ2n) is 12.1. The summed E-state index contributed by atoms with van der Waals surface area (Å²) >= 11 is 0. The SMILES string of the molecule is c1ccc2c(-c3ccc(N(c4ccc(-c5cc6ccccc6c6ccccc56)cc4)c4cccc5ccccc45)cc3)cccc2c1. The Morgan fingerprint density at radius 3 is 1.43 bits per heavy atom. The third kappa shape index (κ3) is 4.72. The van der Waals surface area contributed by atoms with Crippen LogP contribution in [0.3, 0.4) is 0 Å². The van der Waals surface area contributed by atoms with E-state index in [4.69, 9.17) is 0 Å². The van der Waals surface area contributed by atoms with E-state index in [1.807, 2.05) is 0 Å². The maximum absolute atomic E-state index is 2.39. The first-order valence-corrected chi connectivity index (χ1v) is 16.2. The summed E-state index contributed by atoms with van der Waals surface area (Å²) in [4.78, 5) is 2.39. The summed E-state index contributed by atoms with van der Waals surface area (Å²) in [6, 6.07) is 68.2. The van der Waals surface area contributed by atoms with E-state index in [1.165, 1.54) is 65.3 Å². The highest BCUT2D eigenvalue weighted by Crippen LogP contribution is 2.42. The highest BCUT2D eigenvalue weighted by atomic mass is 15.1. The maximum Gasteiger partial charge on any atom is 0.0540 e. The first-order chi connectivity index (χ1) is 23.3. The molecule has 0 amide bonds. The van der Waals surface area contributed by atoms with Crippen LogP contribution in [0, 0.1) is 0 Å². The van der Waals surface area contributed by atoms with Gasteiger partial charge < -0.3 is 4.90 Å². The third-order valence-corrected chi connectivity index (χ3v) is 9.44. The fourth-order valence-corrected chi connectivity index (χ4v) is 7.18. The van der Waals surface area contributed by atoms with E-state index >= 15 is 0 Å². The molecule has 0 aromatic heterocycles. The van der Waals surface area contributed by atoms with Crippen molar-refractivity contribution in [2.24, 2.45) is 0 Å². The van der Waals surface area contributed by atoms with Crippen molar-refractivity contribution in [2.45, 2.75) is 0 Å². The number of fused-ring (bicyclic) bond motifs is 5. The molecule has 0 radical (unpaired) electrons. The van der Waals surface area contributed by atoms with Crippen LogP contribution in [-0.2, 0) is 0 Å². The molecule has 0 atom stereocenters. The van der Waals surface area contributed by atoms with E-state index < -0.39 is 0 Å². The van der Waals surface area contributed by atoms with Crippen LogP contribution in [0.15, 0.2) is 188 Å². The lowest BCUT2D eigenvalue weighted by molar-refractivity contribution is 1.30. The fourth-order valence-electron chi connectivity index (χ4n) is 7.18. The van der Waals surface area contributed by atoms with Gasteiger partial charge in [0.25, 0.3) is 0 Å². The van der Waals surface area contributed by atoms with Crippen LogP contribution < -0.4 is 4.90 Å². The van der Waals surface area contributed by atoms with Gasteiger partial charge in [-0.1, -0.05) is 152 Å². The zero-order valence-electron chi connectivity index (χ0n) is 25.8. The lowest BCUT2D eigenvalue weighted by atomic mass is 9.93. The predicted molar refractivity (Wildman–Crippen MR) is 202 cm³/mol. The molecule has 0 saturated carbocycles. The van der Waals surface area contributed by atoms with Gasteiger partial charge in [0.05, 0.1) is 5.69 Å². The molecule has 0 unspecified atom stereocenters. The van der Waals surface area contributed by atoms with Crippen LogP contribution in [0.1, 0.15) is 0 Å². The number of anilines is 3. The molecule has 0 bridgehead atoms. The second kappa shape index (κ2) is 11.3. The van der Waals surface area contributed by atoms with Crippen LogP contribution in [0.2, 0.25) is 0 Å². The summed E-state index contributed by atoms with van der Waals surface area (Å²) < 4.78 is 0. The predicted octanol–water partition coefficient (Wildman–Crippen LogP) is 13.1. The normalized spacial score (nSPS) is 11.4. The van der Waals surface area contributed by atoms with Crippen molar-refractivity contribution in [1.29, 1.82) is 0 Å². The monoisotopic (exact) mass is 597 g/mol. The van der Waals surface area contributed by atoms with Gasteiger partial charge in [0.15, 0.2) is 0 Å². The molecular formula is C46H31N. The van der Waals surface area contributed by atoms with E-state index in [0.29, 0.717) is 0 Å². The summed E-state index contributed by atoms with van der Waals surface area (Å²) in [5, 5.41) is 10.1. The Kier molecular flexibility index (Phi) is 6.54. The quantitative estimate of drug-likeness (QED) is 0.178. The van der Waals surface area contributed by atoms with Gasteiger partial charge in [-0.25, -0.2) is 0 Å². The van der Waals surface area contributed by atoms with Gasteiger partial charge in [-0.05, 0) is 96.4 Å². The van der Waals surface area contributed by atoms with E-state index in [9.17, 15) is 0 Å². The van der Waals surface area contributed by atoms with Gasteiger partial charge in [0.1, 0.15) is 0 Å². The summed E-state index contributed by atoms with van der Waals surface area (Å²) in [5.74, 6) is 0. The zero-order valence-corrected chi connectivity index (χ0v) is 25.8. The first kappa shape index (κ1) is 27.2. The molecule has 0 spiro atoms. The van der Waals surface area contributed by atoms with Crippen molar-refractivity contribution in [3.8, 4) is 22.3 Å². The molecule has 0 aliphatic rings. The lowest BCUT2D eigenvalue weighted by Gasteiger charge is -2.27. The lowest BCUT2D eigenvalue weighted by Crippen LogP contribution is -2.10. The number of hydrogen-bond donors (Lipinski definition) is 0. The Bertz CT molecular complexity index is 2550. The first-order valence-electron chi connectivity index (χ1n) is 16.2. The Balaban J connectivity index is 1.18. The van der Waals surface area contributed by atoms with Crippen molar-refractivity contribution < 1.29 is 0 Å². The molecule has 9 rings (SSSR count). The molecular weight excluding hydrogens is 567 g/mol. The standard InChI is InChI=1S/C46H31N/c1-4-16-39-32(11-1)14-9-21-40(39)34-23-27-37(28-24-34)47(46-22-10-15-33-12-2-6-18-42(33)46)38-29-25-35(26-30-38)45-31-36-13-3-5-17-41(36)43-19-7-8-20-44(43)45/h1-31H. The smallest absolute Gasteiger partial charge is 0.0540 e. The minimum atomic E-state index is 1.12. The van der Waals surface area contributed by atoms with E-state index in [2.05, 4.69) is 193 Å². The van der Waals surface area contributed by atoms with Crippen molar-refractivity contribution in [3.05, 3.63) is 188 Å². The van der Waals surface area contributed by atoms with E-state index in [-0.39, 0.29) is 0 Å². The minimum Gasteiger partial charge on any atom is -0.310 e. The third-order valence-electron chi connectivity index (χ3n) is 9.44. The van der Waals surface area contributed by atoms with Crippen LogP contribution in [0.5, 0.6) is 0 Å². The molecule has 1 nitrogen and oxygen atoms in total. The average molecular weight is 598 g/mol. The number of benzene rings is 9. The molecule has 0 aliphatic carbocycles. The number of nitrogens with zero attached hydrogens (tertiary/aromatic N) is 1. The fraction of sp³-hybridized carbons (Fsp3) is 0. The molecule has 0 heterocycles. The van der Waals surface area contributed by atoms with Crippen LogP contribution in [0.4, 0.5) is 17.1 Å². The molecule has 0 fully saturated rings. The molecule has 0 aliphatic heterocycles. The molecule has 9 aromatic carbocycles. The van der Waals surface area contributed by atoms with E-state index in [1.54, 1.807) is 0 Å². The average Bonchev–Trinajstić information content (AvgIpc) is 3.15. The van der Waals surface area contributed by atoms with Gasteiger partial charge in [-0.2, -0.15) is 0 Å². The summed E-state index contributed by atoms with van der Waals surface area (Å²) in [5.41, 5.74) is 8.31. The van der Waals surface area contributed by atoms with Gasteiger partial charge in [0, 0.05) is 16.8 Å². The highest BCUT2D eigenvalue weighted by molar-refractivity contribution is 6.13. The Morgan fingerprint density at radius 1 is 0.277 bits per heavy atom. The van der Waals surface area contributed by atoms with Crippen molar-refractivity contribution in [2.75, 3.05) is 4.90 Å². The summed E-state index contributed by atoms with van der Waals surface area (Å²) in [6.07, 6.45) is 0. The van der Waals surface area contributed by atoms with Crippen LogP contribution in [0.25, 0.3) is 65.3 Å². The molecule has 0 N–H and O–H groups in total. The van der Waals surface area contributed by atoms with Gasteiger partial charge >= 0.3 is 0 Å². The molecule has 9 aromatic rings. The molecule has 220 valence electrons. The van der Waals surface area contributed by atoms with Crippen LogP contribution in [-0.4, -0.2) is 0 Å². The molecule has 1 heteroatoms. The number of hydrogen-bond acceptors (Lipinski definition) is 1. The summed E-state index contributed by atoms with van der Waals surface area (Å²) in [7, 11) is 0. The van der Waals surface area contributed by atoms with E-state index in [0.717, 1.165) is 17.1 Å². The molecule has 47 heavy (non-hydrogen) atoms. The Morgan fingerprint density at radius 2 is 0.745 bits per heavy atom. The van der Waals surface area contributed by atoms with Crippen LogP contribution >= 0.6 is 0 Å². The van der Waals surface area contributed by atoms with Gasteiger partial charge in [0.2, 0.25) is 0 Å². The van der Waals surface area contributed by atoms with Gasteiger partial charge in [-0.3, -0.25) is 0 Å². The van der Waals surface area contributed by atoms with Crippen molar-refractivity contribution in [1.82, 2.24) is 0 Å². The van der Waals surface area contributed by atoms with Crippen molar-refractivity contribution in [3.63, 3.8) is 0 Å². The maximum atomic E-state index is 2.39. The number of rotatable bonds is 5. The Labute approximate surface area is 274 Å². The summed E-state index contributed by atoms with van der Waals surface area (Å²) in [6.45, 7) is 0. The highest BCUT2D eigenvalue weighted by Gasteiger charge is 2.17. The topological polar surface area (TPSA) is 3.24 Å². The largest absolute Gasteiger partial charge is 0.310 e. The minimum absolute atomic E-state index is 1.12. The van der Waals surface area contributed by atoms with Gasteiger partial charge in [-0.15, -0.1) is 0 Å². The second-order valence-corrected chi connectivity index (χ2v) is 12.1. The molecule has 0 saturated heterocycles. The Hall–Kier alpha value is -6.18.